The first-order valence-corrected chi connectivity index (χ1v) is 20.3. The van der Waals surface area contributed by atoms with Crippen LogP contribution in [0, 0.1) is 0 Å². The van der Waals surface area contributed by atoms with Crippen LogP contribution in [0.2, 0.25) is 0 Å². The standard InChI is InChI=1S/C56H37N/c1-5-19-44-35(13-1)27-30-51-54(44)48-22-8-10-25-50(48)56(51)49-24-9-7-21-46(49)47-23-11-17-39(55(47)56)34-57(41-28-29-43-40(33-41)32-36-14-2-4-18-42(36)43)52-26-12-16-38-31-37-15-3-6-20-45(37)53(38)52/h1-30,33H,31-32,34H2. The van der Waals surface area contributed by atoms with Gasteiger partial charge in [0.25, 0.3) is 0 Å². The van der Waals surface area contributed by atoms with E-state index in [4.69, 9.17) is 0 Å². The predicted octanol–water partition coefficient (Wildman–Crippen LogP) is 13.7. The minimum atomic E-state index is -0.449. The van der Waals surface area contributed by atoms with Crippen molar-refractivity contribution in [1.29, 1.82) is 0 Å². The summed E-state index contributed by atoms with van der Waals surface area (Å²) in [5, 5.41) is 2.60. The molecule has 0 fully saturated rings. The largest absolute Gasteiger partial charge is 0.336 e. The summed E-state index contributed by atoms with van der Waals surface area (Å²) in [7, 11) is 0. The Balaban J connectivity index is 1.08. The van der Waals surface area contributed by atoms with Gasteiger partial charge in [0, 0.05) is 23.5 Å². The SMILES string of the molecule is c1ccc2c(c1)Cc1cc(N(Cc3cccc4c3C3(c5ccccc5-4)c4ccccc4-c4c3ccc3ccccc43)c3cccc4c3-c3ccccc3C4)ccc1-2. The van der Waals surface area contributed by atoms with E-state index in [9.17, 15) is 0 Å². The maximum Gasteiger partial charge on any atom is 0.0729 e. The van der Waals surface area contributed by atoms with Crippen LogP contribution in [-0.2, 0) is 24.8 Å². The maximum absolute atomic E-state index is 2.64. The van der Waals surface area contributed by atoms with E-state index in [0.29, 0.717) is 0 Å². The lowest BCUT2D eigenvalue weighted by molar-refractivity contribution is 0.773. The predicted molar refractivity (Wildman–Crippen MR) is 235 cm³/mol. The van der Waals surface area contributed by atoms with Gasteiger partial charge in [-0.3, -0.25) is 0 Å². The Morgan fingerprint density at radius 3 is 1.91 bits per heavy atom. The lowest BCUT2D eigenvalue weighted by Gasteiger charge is -2.34. The smallest absolute Gasteiger partial charge is 0.0729 e. The number of nitrogens with zero attached hydrogens (tertiary/aromatic N) is 1. The highest BCUT2D eigenvalue weighted by atomic mass is 15.1. The fourth-order valence-corrected chi connectivity index (χ4v) is 11.4. The molecule has 13 rings (SSSR count). The molecule has 0 N–H and O–H groups in total. The van der Waals surface area contributed by atoms with Gasteiger partial charge in [0.1, 0.15) is 0 Å². The van der Waals surface area contributed by atoms with Crippen LogP contribution in [-0.4, -0.2) is 0 Å². The van der Waals surface area contributed by atoms with Gasteiger partial charge >= 0.3 is 0 Å². The van der Waals surface area contributed by atoms with Crippen LogP contribution in [0.3, 0.4) is 0 Å². The summed E-state index contributed by atoms with van der Waals surface area (Å²) in [6.07, 6.45) is 1.93. The number of hydrogen-bond donors (Lipinski definition) is 0. The van der Waals surface area contributed by atoms with Crippen molar-refractivity contribution in [1.82, 2.24) is 0 Å². The van der Waals surface area contributed by atoms with E-state index in [-0.39, 0.29) is 0 Å². The van der Waals surface area contributed by atoms with Gasteiger partial charge in [-0.2, -0.15) is 0 Å². The molecule has 57 heavy (non-hydrogen) atoms. The zero-order valence-corrected chi connectivity index (χ0v) is 31.5. The van der Waals surface area contributed by atoms with Crippen LogP contribution in [0.4, 0.5) is 11.4 Å². The van der Waals surface area contributed by atoms with Gasteiger partial charge in [0.15, 0.2) is 0 Å². The molecule has 1 heteroatoms. The molecule has 0 heterocycles. The van der Waals surface area contributed by atoms with E-state index in [0.717, 1.165) is 19.4 Å². The van der Waals surface area contributed by atoms with Crippen molar-refractivity contribution in [2.75, 3.05) is 4.90 Å². The van der Waals surface area contributed by atoms with E-state index in [1.165, 1.54) is 117 Å². The zero-order valence-electron chi connectivity index (χ0n) is 31.5. The summed E-state index contributed by atoms with van der Waals surface area (Å²) in [6.45, 7) is 0.731. The highest BCUT2D eigenvalue weighted by Crippen LogP contribution is 2.64. The third kappa shape index (κ3) is 4.13. The van der Waals surface area contributed by atoms with Crippen molar-refractivity contribution >= 4 is 22.1 Å². The molecular weight excluding hydrogens is 687 g/mol. The average molecular weight is 724 g/mol. The Morgan fingerprint density at radius 2 is 1.04 bits per heavy atom. The Hall–Kier alpha value is -6.96. The molecule has 0 radical (unpaired) electrons. The van der Waals surface area contributed by atoms with Gasteiger partial charge in [-0.15, -0.1) is 0 Å². The number of benzene rings is 9. The quantitative estimate of drug-likeness (QED) is 0.175. The molecule has 0 saturated heterocycles. The molecule has 4 aliphatic carbocycles. The first-order valence-electron chi connectivity index (χ1n) is 20.3. The number of anilines is 2. The Kier molecular flexibility index (Phi) is 6.33. The topological polar surface area (TPSA) is 3.24 Å². The molecule has 4 aliphatic rings. The van der Waals surface area contributed by atoms with E-state index < -0.39 is 5.41 Å². The summed E-state index contributed by atoms with van der Waals surface area (Å²) >= 11 is 0. The lowest BCUT2D eigenvalue weighted by Crippen LogP contribution is -2.29. The first kappa shape index (κ1) is 31.3. The molecule has 9 aromatic rings. The molecular formula is C56H37N. The second kappa shape index (κ2) is 11.5. The summed E-state index contributed by atoms with van der Waals surface area (Å²) in [5.74, 6) is 0. The summed E-state index contributed by atoms with van der Waals surface area (Å²) < 4.78 is 0. The Labute approximate surface area is 333 Å². The first-order chi connectivity index (χ1) is 28.3. The molecule has 0 bridgehead atoms. The van der Waals surface area contributed by atoms with Gasteiger partial charge in [-0.05, 0) is 131 Å². The van der Waals surface area contributed by atoms with Crippen LogP contribution < -0.4 is 4.90 Å². The zero-order chi connectivity index (χ0) is 37.2. The third-order valence-electron chi connectivity index (χ3n) is 13.6. The summed E-state index contributed by atoms with van der Waals surface area (Å²) in [4.78, 5) is 2.64. The van der Waals surface area contributed by atoms with Crippen molar-refractivity contribution in [3.05, 3.63) is 238 Å². The monoisotopic (exact) mass is 723 g/mol. The van der Waals surface area contributed by atoms with Crippen LogP contribution in [0.1, 0.15) is 50.1 Å². The molecule has 0 amide bonds. The molecule has 1 nitrogen and oxygen atoms in total. The van der Waals surface area contributed by atoms with Gasteiger partial charge in [-0.1, -0.05) is 170 Å². The van der Waals surface area contributed by atoms with E-state index in [1.54, 1.807) is 0 Å². The van der Waals surface area contributed by atoms with Crippen molar-refractivity contribution in [2.24, 2.45) is 0 Å². The highest BCUT2D eigenvalue weighted by Gasteiger charge is 2.53. The van der Waals surface area contributed by atoms with Crippen molar-refractivity contribution in [3.63, 3.8) is 0 Å². The molecule has 0 aromatic heterocycles. The molecule has 1 atom stereocenters. The number of fused-ring (bicyclic) bond motifs is 18. The van der Waals surface area contributed by atoms with Gasteiger partial charge in [0.2, 0.25) is 0 Å². The van der Waals surface area contributed by atoms with Gasteiger partial charge < -0.3 is 4.90 Å². The minimum absolute atomic E-state index is 0.449. The lowest BCUT2D eigenvalue weighted by atomic mass is 9.69. The van der Waals surface area contributed by atoms with Crippen LogP contribution >= 0.6 is 0 Å². The van der Waals surface area contributed by atoms with Crippen LogP contribution in [0.15, 0.2) is 188 Å². The van der Waals surface area contributed by atoms with Crippen LogP contribution in [0.5, 0.6) is 0 Å². The van der Waals surface area contributed by atoms with E-state index in [2.05, 4.69) is 193 Å². The molecule has 0 aliphatic heterocycles. The third-order valence-corrected chi connectivity index (χ3v) is 13.6. The second-order valence-corrected chi connectivity index (χ2v) is 16.3. The molecule has 0 saturated carbocycles. The van der Waals surface area contributed by atoms with Crippen molar-refractivity contribution in [3.8, 4) is 44.5 Å². The summed E-state index contributed by atoms with van der Waals surface area (Å²) in [6, 6.07) is 71.4. The molecule has 9 aromatic carbocycles. The molecule has 1 unspecified atom stereocenters. The van der Waals surface area contributed by atoms with E-state index >= 15 is 0 Å². The Bertz CT molecular complexity index is 3180. The fraction of sp³-hybridized carbons (Fsp3) is 0.0714. The van der Waals surface area contributed by atoms with Gasteiger partial charge in [0.05, 0.1) is 5.41 Å². The molecule has 1 spiro atoms. The minimum Gasteiger partial charge on any atom is -0.336 e. The maximum atomic E-state index is 2.64. The fourth-order valence-electron chi connectivity index (χ4n) is 11.4. The summed E-state index contributed by atoms with van der Waals surface area (Å²) in [5.41, 5.74) is 25.4. The number of rotatable bonds is 4. The normalized spacial score (nSPS) is 15.7. The second-order valence-electron chi connectivity index (χ2n) is 16.3. The van der Waals surface area contributed by atoms with Gasteiger partial charge in [-0.25, -0.2) is 0 Å². The average Bonchev–Trinajstić information content (AvgIpc) is 4.00. The van der Waals surface area contributed by atoms with Crippen molar-refractivity contribution < 1.29 is 0 Å². The number of hydrogen-bond acceptors (Lipinski definition) is 1. The molecule has 266 valence electrons. The highest BCUT2D eigenvalue weighted by molar-refractivity contribution is 6.06. The van der Waals surface area contributed by atoms with E-state index in [1.807, 2.05) is 0 Å². The van der Waals surface area contributed by atoms with Crippen molar-refractivity contribution in [2.45, 2.75) is 24.8 Å². The Morgan fingerprint density at radius 1 is 0.404 bits per heavy atom. The van der Waals surface area contributed by atoms with Crippen LogP contribution in [0.25, 0.3) is 55.3 Å².